The lowest BCUT2D eigenvalue weighted by molar-refractivity contribution is -0.103. The average Bonchev–Trinajstić information content (AvgIpc) is 3.03. The summed E-state index contributed by atoms with van der Waals surface area (Å²) in [5.41, 5.74) is -4.64. The standard InChI is InChI=1S/2C10H22O7.C3H8O3/c2*11-1-9(2-12,3-13)7-17-8-10(4-14,5-15)6-16;4-1-3(6)2-5/h2*11-16H,1-8H2;3-6H,1-2H2. The molecule has 246 valence electrons. The molecular weight excluding hydrogens is 548 g/mol. The molecule has 0 atom stereocenters. The van der Waals surface area contributed by atoms with Gasteiger partial charge in [0.15, 0.2) is 0 Å². The lowest BCUT2D eigenvalue weighted by Gasteiger charge is -2.31. The zero-order valence-electron chi connectivity index (χ0n) is 22.8. The van der Waals surface area contributed by atoms with Crippen LogP contribution in [0.5, 0.6) is 0 Å². The molecule has 0 radical (unpaired) electrons. The van der Waals surface area contributed by atoms with Gasteiger partial charge in [0.1, 0.15) is 6.10 Å². The Kier molecular flexibility index (Phi) is 27.2. The number of rotatable bonds is 22. The Morgan fingerprint density at radius 2 is 0.475 bits per heavy atom. The summed E-state index contributed by atoms with van der Waals surface area (Å²) >= 11 is 0. The van der Waals surface area contributed by atoms with E-state index in [2.05, 4.69) is 0 Å². The Bertz CT molecular complexity index is 418. The van der Waals surface area contributed by atoms with Gasteiger partial charge in [-0.05, 0) is 0 Å². The highest BCUT2D eigenvalue weighted by atomic mass is 16.5. The third-order valence-electron chi connectivity index (χ3n) is 6.08. The highest BCUT2D eigenvalue weighted by Gasteiger charge is 2.34. The van der Waals surface area contributed by atoms with Gasteiger partial charge in [0, 0.05) is 0 Å². The Morgan fingerprint density at radius 3 is 0.550 bits per heavy atom. The molecule has 0 unspecified atom stereocenters. The third kappa shape index (κ3) is 16.1. The van der Waals surface area contributed by atoms with Gasteiger partial charge in [-0.1, -0.05) is 0 Å². The van der Waals surface area contributed by atoms with E-state index >= 15 is 0 Å². The van der Waals surface area contributed by atoms with Crippen LogP contribution in [-0.4, -0.2) is 202 Å². The first-order chi connectivity index (χ1) is 19.0. The van der Waals surface area contributed by atoms with Crippen molar-refractivity contribution in [3.63, 3.8) is 0 Å². The molecule has 17 heteroatoms. The molecule has 0 aromatic rings. The van der Waals surface area contributed by atoms with E-state index in [0.29, 0.717) is 0 Å². The predicted molar refractivity (Wildman–Crippen MR) is 137 cm³/mol. The van der Waals surface area contributed by atoms with Crippen LogP contribution in [0.15, 0.2) is 0 Å². The fourth-order valence-electron chi connectivity index (χ4n) is 2.17. The SMILES string of the molecule is OCC(CO)(CO)COCC(CO)(CO)CO.OCC(CO)(CO)COCC(CO)(CO)CO.OCC(O)CO. The van der Waals surface area contributed by atoms with Crippen LogP contribution in [0, 0.1) is 21.7 Å². The van der Waals surface area contributed by atoms with Gasteiger partial charge in [0.25, 0.3) is 0 Å². The fourth-order valence-corrected chi connectivity index (χ4v) is 2.17. The summed E-state index contributed by atoms with van der Waals surface area (Å²) in [7, 11) is 0. The summed E-state index contributed by atoms with van der Waals surface area (Å²) in [5, 5.41) is 132. The predicted octanol–water partition coefficient (Wildman–Crippen LogP) is -7.81. The minimum absolute atomic E-state index is 0.141. The molecule has 0 aromatic carbocycles. The first-order valence-corrected chi connectivity index (χ1v) is 12.3. The van der Waals surface area contributed by atoms with Crippen molar-refractivity contribution in [1.82, 2.24) is 0 Å². The van der Waals surface area contributed by atoms with Crippen molar-refractivity contribution in [2.45, 2.75) is 6.10 Å². The van der Waals surface area contributed by atoms with Gasteiger partial charge < -0.3 is 86.1 Å². The molecule has 0 aliphatic heterocycles. The van der Waals surface area contributed by atoms with Crippen molar-refractivity contribution in [1.29, 1.82) is 0 Å². The minimum atomic E-state index is -1.16. The third-order valence-corrected chi connectivity index (χ3v) is 6.08. The van der Waals surface area contributed by atoms with E-state index in [1.807, 2.05) is 0 Å². The van der Waals surface area contributed by atoms with E-state index in [0.717, 1.165) is 0 Å². The largest absolute Gasteiger partial charge is 0.396 e. The average molecular weight is 601 g/mol. The van der Waals surface area contributed by atoms with Gasteiger partial charge in [-0.15, -0.1) is 0 Å². The van der Waals surface area contributed by atoms with Crippen LogP contribution in [0.4, 0.5) is 0 Å². The van der Waals surface area contributed by atoms with Crippen molar-refractivity contribution in [3.8, 4) is 0 Å². The molecule has 0 aliphatic rings. The van der Waals surface area contributed by atoms with Crippen LogP contribution in [0.1, 0.15) is 0 Å². The van der Waals surface area contributed by atoms with E-state index in [1.165, 1.54) is 0 Å². The molecule has 0 heterocycles. The molecule has 0 amide bonds. The molecule has 40 heavy (non-hydrogen) atoms. The van der Waals surface area contributed by atoms with Crippen LogP contribution < -0.4 is 0 Å². The topological polar surface area (TPSA) is 322 Å². The minimum Gasteiger partial charge on any atom is -0.396 e. The van der Waals surface area contributed by atoms with Crippen LogP contribution in [0.25, 0.3) is 0 Å². The maximum atomic E-state index is 9.03. The van der Waals surface area contributed by atoms with Crippen LogP contribution >= 0.6 is 0 Å². The van der Waals surface area contributed by atoms with E-state index in [-0.39, 0.29) is 39.6 Å². The normalized spacial score (nSPS) is 12.6. The summed E-state index contributed by atoms with van der Waals surface area (Å²) in [5.74, 6) is 0. The maximum absolute atomic E-state index is 9.03. The molecule has 0 fully saturated rings. The molecule has 0 saturated carbocycles. The summed E-state index contributed by atoms with van der Waals surface area (Å²) < 4.78 is 10.3. The summed E-state index contributed by atoms with van der Waals surface area (Å²) in [6.07, 6.45) is -0.954. The van der Waals surface area contributed by atoms with Gasteiger partial charge in [-0.25, -0.2) is 0 Å². The van der Waals surface area contributed by atoms with Crippen molar-refractivity contribution < 1.29 is 86.1 Å². The fraction of sp³-hybridized carbons (Fsp3) is 1.00. The second-order valence-corrected chi connectivity index (χ2v) is 9.90. The summed E-state index contributed by atoms with van der Waals surface area (Å²) in [6.45, 7) is -6.74. The van der Waals surface area contributed by atoms with Crippen LogP contribution in [0.3, 0.4) is 0 Å². The summed E-state index contributed by atoms with van der Waals surface area (Å²) in [4.78, 5) is 0. The maximum Gasteiger partial charge on any atom is 0.100 e. The monoisotopic (exact) mass is 600 g/mol. The zero-order valence-corrected chi connectivity index (χ0v) is 22.8. The van der Waals surface area contributed by atoms with Gasteiger partial charge in [-0.3, -0.25) is 0 Å². The van der Waals surface area contributed by atoms with E-state index < -0.39 is 107 Å². The quantitative estimate of drug-likeness (QED) is 0.0548. The lowest BCUT2D eigenvalue weighted by atomic mass is 9.91. The first kappa shape index (κ1) is 43.8. The van der Waals surface area contributed by atoms with Crippen molar-refractivity contribution in [3.05, 3.63) is 0 Å². The highest BCUT2D eigenvalue weighted by molar-refractivity contribution is 4.81. The first-order valence-electron chi connectivity index (χ1n) is 12.3. The smallest absolute Gasteiger partial charge is 0.100 e. The van der Waals surface area contributed by atoms with Crippen LogP contribution in [-0.2, 0) is 9.47 Å². The van der Waals surface area contributed by atoms with Gasteiger partial charge in [-0.2, -0.15) is 0 Å². The Hall–Kier alpha value is -0.680. The molecule has 0 bridgehead atoms. The number of aliphatic hydroxyl groups is 15. The molecule has 0 aliphatic carbocycles. The summed E-state index contributed by atoms with van der Waals surface area (Å²) in [6, 6.07) is 0. The molecule has 0 aromatic heterocycles. The molecule has 17 nitrogen and oxygen atoms in total. The van der Waals surface area contributed by atoms with Gasteiger partial charge in [0.05, 0.1) is 141 Å². The van der Waals surface area contributed by atoms with Gasteiger partial charge >= 0.3 is 0 Å². The van der Waals surface area contributed by atoms with E-state index in [4.69, 9.17) is 86.1 Å². The number of ether oxygens (including phenoxy) is 2. The highest BCUT2D eigenvalue weighted by Crippen LogP contribution is 2.21. The van der Waals surface area contributed by atoms with Gasteiger partial charge in [0.2, 0.25) is 0 Å². The number of hydrogen-bond acceptors (Lipinski definition) is 17. The number of hydrogen-bond donors (Lipinski definition) is 15. The Balaban J connectivity index is -0.000000569. The molecule has 0 rings (SSSR count). The zero-order chi connectivity index (χ0) is 31.7. The second-order valence-electron chi connectivity index (χ2n) is 9.90. The Labute approximate surface area is 233 Å². The lowest BCUT2D eigenvalue weighted by Crippen LogP contribution is -2.43. The van der Waals surface area contributed by atoms with Crippen molar-refractivity contribution in [2.24, 2.45) is 21.7 Å². The van der Waals surface area contributed by atoms with Crippen molar-refractivity contribution in [2.75, 3.05) is 119 Å². The molecule has 0 spiro atoms. The molecular formula is C23H52O17. The second kappa shape index (κ2) is 24.9. The molecule has 15 N–H and O–H groups in total. The molecule has 0 saturated heterocycles. The van der Waals surface area contributed by atoms with E-state index in [1.54, 1.807) is 0 Å². The number of aliphatic hydroxyl groups excluding tert-OH is 15. The van der Waals surface area contributed by atoms with Crippen LogP contribution in [0.2, 0.25) is 0 Å². The Morgan fingerprint density at radius 1 is 0.325 bits per heavy atom. The van der Waals surface area contributed by atoms with Crippen molar-refractivity contribution >= 4 is 0 Å². The van der Waals surface area contributed by atoms with E-state index in [9.17, 15) is 0 Å².